The Kier molecular flexibility index (Phi) is 3.27. The largest absolute Gasteiger partial charge is 0.324 e. The minimum atomic E-state index is 0.209. The number of hydrogen-bond donors (Lipinski definition) is 1. The van der Waals surface area contributed by atoms with Crippen molar-refractivity contribution >= 4 is 15.9 Å². The summed E-state index contributed by atoms with van der Waals surface area (Å²) in [5.74, 6) is 0. The van der Waals surface area contributed by atoms with E-state index in [0.717, 1.165) is 17.3 Å². The third-order valence-corrected chi connectivity index (χ3v) is 4.94. The zero-order chi connectivity index (χ0) is 13.6. The summed E-state index contributed by atoms with van der Waals surface area (Å²) in [6, 6.07) is 9.00. The van der Waals surface area contributed by atoms with Gasteiger partial charge in [0.2, 0.25) is 0 Å². The van der Waals surface area contributed by atoms with E-state index in [9.17, 15) is 0 Å². The van der Waals surface area contributed by atoms with E-state index in [1.165, 1.54) is 34.6 Å². The van der Waals surface area contributed by atoms with Crippen molar-refractivity contribution in [3.63, 3.8) is 0 Å². The molecule has 3 rings (SSSR count). The van der Waals surface area contributed by atoms with Crippen LogP contribution in [0.5, 0.6) is 0 Å². The first kappa shape index (κ1) is 12.9. The summed E-state index contributed by atoms with van der Waals surface area (Å²) in [5.41, 5.74) is 12.8. The second-order valence-corrected chi connectivity index (χ2v) is 6.31. The van der Waals surface area contributed by atoms with Gasteiger partial charge in [0.25, 0.3) is 0 Å². The van der Waals surface area contributed by atoms with Gasteiger partial charge in [0.1, 0.15) is 0 Å². The molecule has 19 heavy (non-hydrogen) atoms. The predicted molar refractivity (Wildman–Crippen MR) is 82.8 cm³/mol. The molecule has 1 unspecified atom stereocenters. The van der Waals surface area contributed by atoms with Crippen LogP contribution in [-0.2, 0) is 6.42 Å². The molecule has 1 atom stereocenters. The van der Waals surface area contributed by atoms with Gasteiger partial charge < -0.3 is 10.3 Å². The van der Waals surface area contributed by atoms with Gasteiger partial charge in [-0.3, -0.25) is 0 Å². The topological polar surface area (TPSA) is 30.9 Å². The maximum absolute atomic E-state index is 6.24. The lowest BCUT2D eigenvalue weighted by atomic mass is 9.93. The normalized spacial score (nSPS) is 18.4. The van der Waals surface area contributed by atoms with Crippen molar-refractivity contribution in [1.29, 1.82) is 0 Å². The second kappa shape index (κ2) is 4.80. The Morgan fingerprint density at radius 3 is 2.79 bits per heavy atom. The van der Waals surface area contributed by atoms with Gasteiger partial charge in [-0.15, -0.1) is 0 Å². The van der Waals surface area contributed by atoms with Gasteiger partial charge in [0.15, 0.2) is 0 Å². The van der Waals surface area contributed by atoms with Crippen LogP contribution in [0.1, 0.15) is 41.4 Å². The standard InChI is InChI=1S/C16H19BrN2/c1-10-8-12(6-7-14(10)17)19-11(2)9-13-15(18)4-3-5-16(13)19/h6-9,15H,3-5,18H2,1-2H3. The van der Waals surface area contributed by atoms with Gasteiger partial charge in [-0.05, 0) is 68.5 Å². The fourth-order valence-electron chi connectivity index (χ4n) is 3.06. The lowest BCUT2D eigenvalue weighted by Gasteiger charge is -2.21. The van der Waals surface area contributed by atoms with Crippen LogP contribution in [0.3, 0.4) is 0 Å². The van der Waals surface area contributed by atoms with Crippen LogP contribution in [0.2, 0.25) is 0 Å². The van der Waals surface area contributed by atoms with E-state index in [1.807, 2.05) is 0 Å². The SMILES string of the molecule is Cc1cc(-n2c(C)cc3c2CCCC3N)ccc1Br. The molecule has 0 radical (unpaired) electrons. The third-order valence-electron chi connectivity index (χ3n) is 4.05. The molecule has 0 spiro atoms. The quantitative estimate of drug-likeness (QED) is 0.839. The molecule has 0 saturated carbocycles. The molecular weight excluding hydrogens is 300 g/mol. The number of nitrogens with two attached hydrogens (primary N) is 1. The van der Waals surface area contributed by atoms with Crippen LogP contribution >= 0.6 is 15.9 Å². The van der Waals surface area contributed by atoms with E-state index in [1.54, 1.807) is 0 Å². The number of hydrogen-bond acceptors (Lipinski definition) is 1. The van der Waals surface area contributed by atoms with Gasteiger partial charge in [-0.2, -0.15) is 0 Å². The summed E-state index contributed by atoms with van der Waals surface area (Å²) >= 11 is 3.57. The van der Waals surface area contributed by atoms with Crippen molar-refractivity contribution in [1.82, 2.24) is 4.57 Å². The van der Waals surface area contributed by atoms with E-state index >= 15 is 0 Å². The van der Waals surface area contributed by atoms with Crippen LogP contribution < -0.4 is 5.73 Å². The molecule has 1 aliphatic carbocycles. The van der Waals surface area contributed by atoms with E-state index in [-0.39, 0.29) is 6.04 Å². The number of aromatic nitrogens is 1. The molecule has 3 heteroatoms. The Balaban J connectivity index is 2.17. The van der Waals surface area contributed by atoms with Crippen molar-refractivity contribution in [3.05, 3.63) is 51.3 Å². The summed E-state index contributed by atoms with van der Waals surface area (Å²) in [4.78, 5) is 0. The molecule has 0 fully saturated rings. The first-order valence-electron chi connectivity index (χ1n) is 6.81. The smallest absolute Gasteiger partial charge is 0.0458 e. The Hall–Kier alpha value is -1.06. The molecule has 1 aliphatic rings. The zero-order valence-corrected chi connectivity index (χ0v) is 13.0. The molecule has 1 aromatic carbocycles. The van der Waals surface area contributed by atoms with Gasteiger partial charge in [-0.1, -0.05) is 15.9 Å². The minimum Gasteiger partial charge on any atom is -0.324 e. The number of halogens is 1. The summed E-state index contributed by atoms with van der Waals surface area (Å²) in [7, 11) is 0. The van der Waals surface area contributed by atoms with Crippen LogP contribution in [0.25, 0.3) is 5.69 Å². The number of rotatable bonds is 1. The molecule has 2 aromatic rings. The van der Waals surface area contributed by atoms with Gasteiger partial charge in [0.05, 0.1) is 0 Å². The van der Waals surface area contributed by atoms with Crippen molar-refractivity contribution < 1.29 is 0 Å². The molecule has 1 aromatic heterocycles. The zero-order valence-electron chi connectivity index (χ0n) is 11.4. The first-order chi connectivity index (χ1) is 9.08. The lowest BCUT2D eigenvalue weighted by molar-refractivity contribution is 0.560. The highest BCUT2D eigenvalue weighted by atomic mass is 79.9. The Bertz CT molecular complexity index is 628. The molecule has 2 N–H and O–H groups in total. The Labute approximate surface area is 122 Å². The highest BCUT2D eigenvalue weighted by Gasteiger charge is 2.22. The van der Waals surface area contributed by atoms with Crippen molar-refractivity contribution in [2.75, 3.05) is 0 Å². The average Bonchev–Trinajstić information content (AvgIpc) is 2.71. The molecule has 1 heterocycles. The summed E-state index contributed by atoms with van der Waals surface area (Å²) in [5, 5.41) is 0. The third kappa shape index (κ3) is 2.15. The molecule has 2 nitrogen and oxygen atoms in total. The maximum Gasteiger partial charge on any atom is 0.0458 e. The summed E-state index contributed by atoms with van der Waals surface area (Å²) < 4.78 is 3.53. The van der Waals surface area contributed by atoms with Gasteiger partial charge in [0, 0.05) is 27.6 Å². The van der Waals surface area contributed by atoms with Crippen LogP contribution in [0.4, 0.5) is 0 Å². The highest BCUT2D eigenvalue weighted by molar-refractivity contribution is 9.10. The summed E-state index contributed by atoms with van der Waals surface area (Å²) in [6.07, 6.45) is 3.43. The van der Waals surface area contributed by atoms with Crippen LogP contribution in [0, 0.1) is 13.8 Å². The number of nitrogens with zero attached hydrogens (tertiary/aromatic N) is 1. The van der Waals surface area contributed by atoms with E-state index < -0.39 is 0 Å². The number of benzene rings is 1. The summed E-state index contributed by atoms with van der Waals surface area (Å²) in [6.45, 7) is 4.30. The lowest BCUT2D eigenvalue weighted by Crippen LogP contribution is -2.18. The Morgan fingerprint density at radius 2 is 2.05 bits per heavy atom. The minimum absolute atomic E-state index is 0.209. The molecule has 0 aliphatic heterocycles. The molecular formula is C16H19BrN2. The van der Waals surface area contributed by atoms with Gasteiger partial charge >= 0.3 is 0 Å². The molecule has 0 saturated heterocycles. The second-order valence-electron chi connectivity index (χ2n) is 5.46. The van der Waals surface area contributed by atoms with E-state index in [0.29, 0.717) is 0 Å². The fourth-order valence-corrected chi connectivity index (χ4v) is 3.31. The number of fused-ring (bicyclic) bond motifs is 1. The van der Waals surface area contributed by atoms with Gasteiger partial charge in [-0.25, -0.2) is 0 Å². The molecule has 100 valence electrons. The maximum atomic E-state index is 6.24. The molecule has 0 bridgehead atoms. The van der Waals surface area contributed by atoms with Crippen molar-refractivity contribution in [2.45, 2.75) is 39.2 Å². The van der Waals surface area contributed by atoms with Crippen LogP contribution in [0.15, 0.2) is 28.7 Å². The Morgan fingerprint density at radius 1 is 1.26 bits per heavy atom. The number of aryl methyl sites for hydroxylation is 2. The van der Waals surface area contributed by atoms with Crippen molar-refractivity contribution in [3.8, 4) is 5.69 Å². The first-order valence-corrected chi connectivity index (χ1v) is 7.60. The highest BCUT2D eigenvalue weighted by Crippen LogP contribution is 2.33. The van der Waals surface area contributed by atoms with Crippen LogP contribution in [-0.4, -0.2) is 4.57 Å². The average molecular weight is 319 g/mol. The predicted octanol–water partition coefficient (Wildman–Crippen LogP) is 4.19. The van der Waals surface area contributed by atoms with E-state index in [4.69, 9.17) is 5.73 Å². The van der Waals surface area contributed by atoms with E-state index in [2.05, 4.69) is 58.6 Å². The molecule has 0 amide bonds. The monoisotopic (exact) mass is 318 g/mol. The fraction of sp³-hybridized carbons (Fsp3) is 0.375. The van der Waals surface area contributed by atoms with Crippen molar-refractivity contribution in [2.24, 2.45) is 5.73 Å².